The first-order chi connectivity index (χ1) is 10.2. The lowest BCUT2D eigenvalue weighted by Gasteiger charge is -2.44. The molecule has 1 aromatic carbocycles. The Hall–Kier alpha value is -0.410. The number of piperidine rings is 1. The van der Waals surface area contributed by atoms with Crippen molar-refractivity contribution in [2.45, 2.75) is 31.2 Å². The summed E-state index contributed by atoms with van der Waals surface area (Å²) in [6.07, 6.45) is 4.16. The summed E-state index contributed by atoms with van der Waals surface area (Å²) in [6.45, 7) is 3.79. The van der Waals surface area contributed by atoms with Gasteiger partial charge in [-0.25, -0.2) is 0 Å². The lowest BCUT2D eigenvalue weighted by molar-refractivity contribution is -0.00000455. The van der Waals surface area contributed by atoms with Gasteiger partial charge in [-0.05, 0) is 45.5 Å². The molecule has 1 aromatic rings. The molecule has 4 unspecified atom stereocenters. The predicted molar refractivity (Wildman–Crippen MR) is 94.4 cm³/mol. The standard InChI is InChI=1S/C19H27N2.2ClH/c1-20-12-17-15-9-6-10-21(2)19(15)11-16(18(17)13-20)14-7-4-3-5-8-14;;/h3-5,7-8,15-16,18-19H,6,9-13H2,1-2H3;2*1H/q+1;;/p-1. The molecule has 0 radical (unpaired) electrons. The van der Waals surface area contributed by atoms with Crippen molar-refractivity contribution >= 4 is 12.4 Å². The molecule has 1 aliphatic carbocycles. The maximum Gasteiger partial charge on any atom is 0.144 e. The number of benzene rings is 1. The first-order valence-corrected chi connectivity index (χ1v) is 8.53. The Morgan fingerprint density at radius 3 is 2.57 bits per heavy atom. The van der Waals surface area contributed by atoms with Crippen molar-refractivity contribution in [2.24, 2.45) is 11.8 Å². The molecule has 4 atom stereocenters. The van der Waals surface area contributed by atoms with Crippen LogP contribution in [0.1, 0.15) is 30.7 Å². The molecule has 0 aromatic heterocycles. The Balaban J connectivity index is 0.000000960. The number of hydrogen-bond donors (Lipinski definition) is 0. The smallest absolute Gasteiger partial charge is 0.144 e. The van der Waals surface area contributed by atoms with E-state index in [1.165, 1.54) is 38.9 Å². The van der Waals surface area contributed by atoms with E-state index in [1.807, 2.05) is 5.92 Å². The molecule has 2 saturated heterocycles. The largest absolute Gasteiger partial charge is 1.00 e. The third kappa shape index (κ3) is 3.37. The molecule has 4 rings (SSSR count). The maximum absolute atomic E-state index is 2.64. The normalized spacial score (nSPS) is 34.1. The minimum atomic E-state index is 0. The number of halogens is 2. The van der Waals surface area contributed by atoms with Crippen molar-refractivity contribution in [3.05, 3.63) is 41.8 Å². The van der Waals surface area contributed by atoms with Crippen LogP contribution >= 0.6 is 12.4 Å². The van der Waals surface area contributed by atoms with Crippen molar-refractivity contribution < 1.29 is 12.4 Å². The zero-order chi connectivity index (χ0) is 14.4. The van der Waals surface area contributed by atoms with Gasteiger partial charge in [-0.15, -0.1) is 12.4 Å². The summed E-state index contributed by atoms with van der Waals surface area (Å²) in [5.74, 6) is 4.26. The van der Waals surface area contributed by atoms with E-state index in [0.29, 0.717) is 0 Å². The summed E-state index contributed by atoms with van der Waals surface area (Å²) in [5, 5.41) is 0. The minimum Gasteiger partial charge on any atom is -1.00 e. The third-order valence-corrected chi connectivity index (χ3v) is 6.18. The average molecular weight is 355 g/mol. The first kappa shape index (κ1) is 18.9. The lowest BCUT2D eigenvalue weighted by Crippen LogP contribution is -3.00. The molecule has 0 bridgehead atoms. The highest BCUT2D eigenvalue weighted by Crippen LogP contribution is 2.52. The van der Waals surface area contributed by atoms with Gasteiger partial charge in [0.1, 0.15) is 24.3 Å². The summed E-state index contributed by atoms with van der Waals surface area (Å²) in [7, 11) is 4.65. The summed E-state index contributed by atoms with van der Waals surface area (Å²) in [4.78, 5) is 5.19. The number of rotatable bonds is 1. The van der Waals surface area contributed by atoms with Crippen LogP contribution in [0.4, 0.5) is 0 Å². The van der Waals surface area contributed by atoms with Crippen LogP contribution in [0.2, 0.25) is 0 Å². The molecule has 3 aliphatic rings. The Bertz CT molecular complexity index is 495. The van der Waals surface area contributed by atoms with Crippen LogP contribution in [-0.2, 0) is 0 Å². The van der Waals surface area contributed by atoms with Crippen molar-refractivity contribution in [1.82, 2.24) is 9.80 Å². The average Bonchev–Trinajstić information content (AvgIpc) is 2.89. The molecular weight excluding hydrogens is 327 g/mol. The van der Waals surface area contributed by atoms with E-state index in [-0.39, 0.29) is 24.8 Å². The van der Waals surface area contributed by atoms with Gasteiger partial charge in [-0.3, -0.25) is 9.80 Å². The number of fused-ring (bicyclic) bond motifs is 3. The van der Waals surface area contributed by atoms with Crippen molar-refractivity contribution in [3.8, 4) is 0 Å². The zero-order valence-electron chi connectivity index (χ0n) is 14.1. The van der Waals surface area contributed by atoms with Gasteiger partial charge in [0, 0.05) is 12.5 Å². The zero-order valence-corrected chi connectivity index (χ0v) is 15.7. The molecule has 2 aliphatic heterocycles. The van der Waals surface area contributed by atoms with Crippen LogP contribution in [-0.4, -0.2) is 49.6 Å². The number of hydrogen-bond acceptors (Lipinski definition) is 2. The Labute approximate surface area is 153 Å². The molecule has 0 amide bonds. The molecule has 1 saturated carbocycles. The monoisotopic (exact) mass is 354 g/mol. The van der Waals surface area contributed by atoms with E-state index in [2.05, 4.69) is 54.2 Å². The summed E-state index contributed by atoms with van der Waals surface area (Å²) in [6, 6.07) is 12.1. The first-order valence-electron chi connectivity index (χ1n) is 8.53. The number of nitrogens with zero attached hydrogens (tertiary/aromatic N) is 2. The van der Waals surface area contributed by atoms with E-state index in [0.717, 1.165) is 23.8 Å². The second kappa shape index (κ2) is 7.65. The van der Waals surface area contributed by atoms with E-state index in [1.54, 1.807) is 5.56 Å². The van der Waals surface area contributed by atoms with Crippen LogP contribution < -0.4 is 12.4 Å². The van der Waals surface area contributed by atoms with Gasteiger partial charge >= 0.3 is 0 Å². The molecule has 2 nitrogen and oxygen atoms in total. The van der Waals surface area contributed by atoms with Gasteiger partial charge < -0.3 is 12.4 Å². The van der Waals surface area contributed by atoms with Crippen molar-refractivity contribution in [3.63, 3.8) is 0 Å². The predicted octanol–water partition coefficient (Wildman–Crippen LogP) is 0.446. The van der Waals surface area contributed by atoms with Gasteiger partial charge in [0.05, 0.1) is 6.04 Å². The molecule has 0 N–H and O–H groups in total. The van der Waals surface area contributed by atoms with Crippen molar-refractivity contribution in [1.29, 1.82) is 0 Å². The number of likely N-dealkylation sites (tertiary alicyclic amines) is 2. The van der Waals surface area contributed by atoms with E-state index < -0.39 is 0 Å². The molecule has 4 heteroatoms. The minimum absolute atomic E-state index is 0. The van der Waals surface area contributed by atoms with E-state index in [9.17, 15) is 0 Å². The highest BCUT2D eigenvalue weighted by molar-refractivity contribution is 5.85. The highest BCUT2D eigenvalue weighted by Gasteiger charge is 2.58. The van der Waals surface area contributed by atoms with Crippen LogP contribution in [0.5, 0.6) is 0 Å². The third-order valence-electron chi connectivity index (χ3n) is 6.18. The van der Waals surface area contributed by atoms with Crippen LogP contribution in [0, 0.1) is 17.8 Å². The fourth-order valence-electron chi connectivity index (χ4n) is 5.22. The Morgan fingerprint density at radius 2 is 1.83 bits per heavy atom. The van der Waals surface area contributed by atoms with Gasteiger partial charge in [-0.1, -0.05) is 30.3 Å². The van der Waals surface area contributed by atoms with Gasteiger partial charge in [0.15, 0.2) is 0 Å². The van der Waals surface area contributed by atoms with E-state index >= 15 is 0 Å². The van der Waals surface area contributed by atoms with Gasteiger partial charge in [0.25, 0.3) is 0 Å². The van der Waals surface area contributed by atoms with Crippen molar-refractivity contribution in [2.75, 3.05) is 33.7 Å². The molecule has 128 valence electrons. The fourth-order valence-corrected chi connectivity index (χ4v) is 5.22. The van der Waals surface area contributed by atoms with Gasteiger partial charge in [0.2, 0.25) is 0 Å². The van der Waals surface area contributed by atoms with Crippen LogP contribution in [0.15, 0.2) is 30.3 Å². The Kier molecular flexibility index (Phi) is 6.29. The Morgan fingerprint density at radius 1 is 1.09 bits per heavy atom. The van der Waals surface area contributed by atoms with Gasteiger partial charge in [-0.2, -0.15) is 0 Å². The highest BCUT2D eigenvalue weighted by atomic mass is 35.5. The van der Waals surface area contributed by atoms with E-state index in [4.69, 9.17) is 0 Å². The lowest BCUT2D eigenvalue weighted by atomic mass is 9.61. The maximum atomic E-state index is 2.64. The summed E-state index contributed by atoms with van der Waals surface area (Å²) in [5.41, 5.74) is 1.56. The molecule has 0 spiro atoms. The van der Waals surface area contributed by atoms with Crippen LogP contribution in [0.25, 0.3) is 0 Å². The molecule has 23 heavy (non-hydrogen) atoms. The quantitative estimate of drug-likeness (QED) is 0.675. The second-order valence-electron chi connectivity index (χ2n) is 7.43. The summed E-state index contributed by atoms with van der Waals surface area (Å²) >= 11 is 0. The summed E-state index contributed by atoms with van der Waals surface area (Å²) < 4.78 is 0. The SMILES string of the molecule is CN1C[C+]2C(C1)C(c1ccccc1)CC1C2CCCN1C.Cl.[Cl-]. The van der Waals surface area contributed by atoms with Crippen LogP contribution in [0.3, 0.4) is 0 Å². The fraction of sp³-hybridized carbons (Fsp3) is 0.632. The molecule has 2 heterocycles. The topological polar surface area (TPSA) is 6.48 Å². The second-order valence-corrected chi connectivity index (χ2v) is 7.43. The molecular formula is C19H28Cl2N2. The molecule has 3 fully saturated rings.